The molecule has 2 aliphatic carbocycles. The summed E-state index contributed by atoms with van der Waals surface area (Å²) in [5, 5.41) is 11.0. The first-order valence-corrected chi connectivity index (χ1v) is 12.4. The fraction of sp³-hybridized carbons (Fsp3) is 0.533. The molecule has 3 heteroatoms. The molecule has 2 aliphatic rings. The summed E-state index contributed by atoms with van der Waals surface area (Å²) in [5.41, 5.74) is 4.31. The van der Waals surface area contributed by atoms with Gasteiger partial charge in [-0.2, -0.15) is 0 Å². The lowest BCUT2D eigenvalue weighted by Gasteiger charge is -2.48. The Kier molecular flexibility index (Phi) is 7.51. The normalized spacial score (nSPS) is 27.1. The Morgan fingerprint density at radius 1 is 1.12 bits per heavy atom. The van der Waals surface area contributed by atoms with E-state index in [2.05, 4.69) is 71.0 Å². The first kappa shape index (κ1) is 25.2. The predicted octanol–water partition coefficient (Wildman–Crippen LogP) is 7.42. The third-order valence-corrected chi connectivity index (χ3v) is 7.95. The molecule has 0 heterocycles. The number of aliphatic hydroxyl groups is 1. The maximum absolute atomic E-state index is 13.7. The maximum Gasteiger partial charge on any atom is 0.204 e. The molecule has 0 spiro atoms. The molecule has 5 unspecified atom stereocenters. The van der Waals surface area contributed by atoms with Crippen molar-refractivity contribution in [1.29, 1.82) is 0 Å². The first-order valence-electron chi connectivity index (χ1n) is 12.4. The molecule has 5 atom stereocenters. The summed E-state index contributed by atoms with van der Waals surface area (Å²) in [6, 6.07) is 8.53. The monoisotopic (exact) mass is 448 g/mol. The van der Waals surface area contributed by atoms with Gasteiger partial charge in [-0.05, 0) is 76.7 Å². The summed E-state index contributed by atoms with van der Waals surface area (Å²) < 4.78 is 0. The van der Waals surface area contributed by atoms with Crippen LogP contribution in [0, 0.1) is 30.1 Å². The second-order valence-corrected chi connectivity index (χ2v) is 10.9. The molecular formula is C30H40O3. The van der Waals surface area contributed by atoms with Crippen LogP contribution in [-0.2, 0) is 9.59 Å². The third-order valence-electron chi connectivity index (χ3n) is 7.95. The van der Waals surface area contributed by atoms with Gasteiger partial charge in [0.05, 0.1) is 5.41 Å². The molecule has 0 aromatic heterocycles. The molecule has 0 amide bonds. The van der Waals surface area contributed by atoms with Crippen LogP contribution in [0.1, 0.15) is 84.3 Å². The predicted molar refractivity (Wildman–Crippen MR) is 135 cm³/mol. The molecule has 0 bridgehead atoms. The van der Waals surface area contributed by atoms with Crippen LogP contribution in [-0.4, -0.2) is 16.7 Å². The van der Waals surface area contributed by atoms with Crippen LogP contribution in [0.5, 0.6) is 0 Å². The number of hydrogen-bond donors (Lipinski definition) is 1. The summed E-state index contributed by atoms with van der Waals surface area (Å²) in [6.07, 6.45) is 7.26. The van der Waals surface area contributed by atoms with Crippen molar-refractivity contribution in [2.45, 2.75) is 80.1 Å². The van der Waals surface area contributed by atoms with E-state index in [1.807, 2.05) is 13.8 Å². The van der Waals surface area contributed by atoms with Gasteiger partial charge in [0.1, 0.15) is 0 Å². The van der Waals surface area contributed by atoms with Gasteiger partial charge in [0.25, 0.3) is 0 Å². The van der Waals surface area contributed by atoms with Crippen LogP contribution >= 0.6 is 0 Å². The summed E-state index contributed by atoms with van der Waals surface area (Å²) in [4.78, 5) is 27.4. The van der Waals surface area contributed by atoms with E-state index in [-0.39, 0.29) is 35.1 Å². The van der Waals surface area contributed by atoms with Crippen molar-refractivity contribution in [2.24, 2.45) is 23.2 Å². The first-order chi connectivity index (χ1) is 15.5. The Bertz CT molecular complexity index is 1000. The highest BCUT2D eigenvalue weighted by Gasteiger charge is 2.57. The van der Waals surface area contributed by atoms with E-state index in [4.69, 9.17) is 0 Å². The van der Waals surface area contributed by atoms with Crippen LogP contribution in [0.3, 0.4) is 0 Å². The number of rotatable bonds is 7. The molecular weight excluding hydrogens is 408 g/mol. The third kappa shape index (κ3) is 4.93. The lowest BCUT2D eigenvalue weighted by atomic mass is 9.53. The van der Waals surface area contributed by atoms with Crippen LogP contribution < -0.4 is 0 Å². The Labute approximate surface area is 199 Å². The minimum Gasteiger partial charge on any atom is -0.504 e. The highest BCUT2D eigenvalue weighted by Crippen LogP contribution is 2.53. The van der Waals surface area contributed by atoms with Crippen molar-refractivity contribution in [3.05, 3.63) is 70.0 Å². The number of benzene rings is 1. The molecule has 178 valence electrons. The van der Waals surface area contributed by atoms with Gasteiger partial charge in [-0.25, -0.2) is 0 Å². The van der Waals surface area contributed by atoms with Crippen molar-refractivity contribution in [3.8, 4) is 0 Å². The summed E-state index contributed by atoms with van der Waals surface area (Å²) in [5.74, 6) is -0.952. The summed E-state index contributed by atoms with van der Waals surface area (Å²) >= 11 is 0. The van der Waals surface area contributed by atoms with Crippen LogP contribution in [0.15, 0.2) is 58.9 Å². The molecule has 1 N–H and O–H groups in total. The highest BCUT2D eigenvalue weighted by atomic mass is 16.3. The zero-order chi connectivity index (χ0) is 24.5. The fourth-order valence-electron chi connectivity index (χ4n) is 5.72. The van der Waals surface area contributed by atoms with E-state index < -0.39 is 11.3 Å². The number of ketones is 2. The molecule has 0 aliphatic heterocycles. The Morgan fingerprint density at radius 3 is 2.36 bits per heavy atom. The molecule has 33 heavy (non-hydrogen) atoms. The number of hydrogen-bond acceptors (Lipinski definition) is 3. The SMILES string of the molecule is CC(C)=CCCC(C)C1=C(O)C(=O)C2(C)C(CC(C)c3ccc(C)cc3)C=C(C)CC2C1=O. The maximum atomic E-state index is 13.7. The van der Waals surface area contributed by atoms with Crippen molar-refractivity contribution in [1.82, 2.24) is 0 Å². The largest absolute Gasteiger partial charge is 0.504 e. The summed E-state index contributed by atoms with van der Waals surface area (Å²) in [7, 11) is 0. The van der Waals surface area contributed by atoms with Gasteiger partial charge in [0.15, 0.2) is 11.5 Å². The second kappa shape index (κ2) is 9.83. The van der Waals surface area contributed by atoms with Crippen molar-refractivity contribution in [2.75, 3.05) is 0 Å². The molecule has 1 aromatic rings. The standard InChI is InChI=1S/C30H40O3/c1-18(2)9-8-10-21(5)26-27(31)25-16-20(4)15-24(30(25,7)29(33)28(26)32)17-22(6)23-13-11-19(3)12-14-23/h9,11-15,21-22,24-25,32H,8,10,16-17H2,1-7H3. The van der Waals surface area contributed by atoms with Gasteiger partial charge in [-0.15, -0.1) is 0 Å². The number of carbonyl (C=O) groups is 2. The zero-order valence-corrected chi connectivity index (χ0v) is 21.4. The van der Waals surface area contributed by atoms with Crippen LogP contribution in [0.25, 0.3) is 0 Å². The van der Waals surface area contributed by atoms with Gasteiger partial charge in [-0.3, -0.25) is 9.59 Å². The average molecular weight is 449 g/mol. The number of carbonyl (C=O) groups excluding carboxylic acids is 2. The Morgan fingerprint density at radius 2 is 1.76 bits per heavy atom. The Balaban J connectivity index is 1.93. The van der Waals surface area contributed by atoms with Crippen LogP contribution in [0.4, 0.5) is 0 Å². The van der Waals surface area contributed by atoms with Gasteiger partial charge in [0.2, 0.25) is 5.78 Å². The fourth-order valence-corrected chi connectivity index (χ4v) is 5.72. The second-order valence-electron chi connectivity index (χ2n) is 10.9. The lowest BCUT2D eigenvalue weighted by molar-refractivity contribution is -0.143. The van der Waals surface area contributed by atoms with E-state index >= 15 is 0 Å². The summed E-state index contributed by atoms with van der Waals surface area (Å²) in [6.45, 7) is 14.3. The molecule has 1 aromatic carbocycles. The van der Waals surface area contributed by atoms with Crippen LogP contribution in [0.2, 0.25) is 0 Å². The lowest BCUT2D eigenvalue weighted by Crippen LogP contribution is -2.52. The smallest absolute Gasteiger partial charge is 0.204 e. The van der Waals surface area contributed by atoms with Crippen molar-refractivity contribution in [3.63, 3.8) is 0 Å². The molecule has 0 radical (unpaired) electrons. The number of aliphatic hydroxyl groups excluding tert-OH is 1. The molecule has 0 saturated carbocycles. The van der Waals surface area contributed by atoms with E-state index in [1.54, 1.807) is 0 Å². The quantitative estimate of drug-likeness (QED) is 0.441. The highest BCUT2D eigenvalue weighted by molar-refractivity contribution is 6.15. The minimum absolute atomic E-state index is 0.0280. The zero-order valence-electron chi connectivity index (χ0n) is 21.4. The molecule has 3 nitrogen and oxygen atoms in total. The molecule has 3 rings (SSSR count). The van der Waals surface area contributed by atoms with Crippen molar-refractivity contribution < 1.29 is 14.7 Å². The topological polar surface area (TPSA) is 54.4 Å². The number of aryl methyl sites for hydroxylation is 1. The molecule has 0 fully saturated rings. The number of fused-ring (bicyclic) bond motifs is 1. The van der Waals surface area contributed by atoms with E-state index in [0.717, 1.165) is 24.8 Å². The van der Waals surface area contributed by atoms with Gasteiger partial charge in [0, 0.05) is 11.5 Å². The minimum atomic E-state index is -0.900. The van der Waals surface area contributed by atoms with Gasteiger partial charge >= 0.3 is 0 Å². The van der Waals surface area contributed by atoms with Gasteiger partial charge < -0.3 is 5.11 Å². The van der Waals surface area contributed by atoms with E-state index in [9.17, 15) is 14.7 Å². The van der Waals surface area contributed by atoms with Crippen molar-refractivity contribution >= 4 is 11.6 Å². The van der Waals surface area contributed by atoms with Gasteiger partial charge in [-0.1, -0.05) is 73.9 Å². The Hall–Kier alpha value is -2.42. The molecule has 0 saturated heterocycles. The average Bonchev–Trinajstić information content (AvgIpc) is 2.74. The van der Waals surface area contributed by atoms with E-state index in [0.29, 0.717) is 12.0 Å². The van der Waals surface area contributed by atoms with E-state index in [1.165, 1.54) is 16.7 Å². The number of Topliss-reactive ketones (excluding diaryl/α,β-unsaturated/α-hetero) is 2. The number of allylic oxidation sites excluding steroid dienone is 6.